The van der Waals surface area contributed by atoms with E-state index in [-0.39, 0.29) is 11.6 Å². The minimum atomic E-state index is -4.51. The first-order valence-electron chi connectivity index (χ1n) is 4.91. The molecule has 1 aromatic rings. The average molecular weight is 276 g/mol. The lowest BCUT2D eigenvalue weighted by Crippen LogP contribution is -2.21. The van der Waals surface area contributed by atoms with Crippen LogP contribution in [0.15, 0.2) is 18.2 Å². The van der Waals surface area contributed by atoms with Crippen LogP contribution in [0.1, 0.15) is 18.1 Å². The largest absolute Gasteiger partial charge is 0.417 e. The van der Waals surface area contributed by atoms with E-state index in [4.69, 9.17) is 11.6 Å². The first-order valence-corrected chi connectivity index (χ1v) is 5.28. The Balaban J connectivity index is 2.85. The predicted octanol–water partition coefficient (Wildman–Crippen LogP) is 3.00. The number of halogens is 4. The van der Waals surface area contributed by atoms with Crippen LogP contribution in [0.25, 0.3) is 0 Å². The van der Waals surface area contributed by atoms with Gasteiger partial charge in [0.15, 0.2) is 0 Å². The zero-order valence-electron chi connectivity index (χ0n) is 9.36. The van der Waals surface area contributed by atoms with Crippen LogP contribution in [0.4, 0.5) is 13.2 Å². The van der Waals surface area contributed by atoms with Gasteiger partial charge in [0.25, 0.3) is 5.91 Å². The highest BCUT2D eigenvalue weighted by Gasteiger charge is 2.33. The SMILES string of the molecule is CC#CC(=O)NCc1ccc(Cl)c(C(F)(F)F)c1. The van der Waals surface area contributed by atoms with Gasteiger partial charge in [0.1, 0.15) is 0 Å². The highest BCUT2D eigenvalue weighted by atomic mass is 35.5. The van der Waals surface area contributed by atoms with Crippen molar-refractivity contribution < 1.29 is 18.0 Å². The maximum absolute atomic E-state index is 12.6. The zero-order valence-corrected chi connectivity index (χ0v) is 10.1. The van der Waals surface area contributed by atoms with Gasteiger partial charge in [-0.05, 0) is 30.5 Å². The maximum Gasteiger partial charge on any atom is 0.417 e. The van der Waals surface area contributed by atoms with Crippen molar-refractivity contribution in [2.75, 3.05) is 0 Å². The second-order valence-electron chi connectivity index (χ2n) is 3.37. The molecule has 6 heteroatoms. The molecule has 0 saturated carbocycles. The van der Waals surface area contributed by atoms with Gasteiger partial charge in [0.2, 0.25) is 0 Å². The van der Waals surface area contributed by atoms with Crippen molar-refractivity contribution in [3.05, 3.63) is 34.3 Å². The van der Waals surface area contributed by atoms with Gasteiger partial charge in [-0.25, -0.2) is 0 Å². The molecule has 0 aliphatic carbocycles. The van der Waals surface area contributed by atoms with E-state index in [1.807, 2.05) is 0 Å². The molecule has 18 heavy (non-hydrogen) atoms. The second-order valence-corrected chi connectivity index (χ2v) is 3.78. The lowest BCUT2D eigenvalue weighted by Gasteiger charge is -2.10. The van der Waals surface area contributed by atoms with E-state index >= 15 is 0 Å². The Labute approximate surface area is 107 Å². The van der Waals surface area contributed by atoms with Crippen molar-refractivity contribution in [2.24, 2.45) is 0 Å². The fraction of sp³-hybridized carbons (Fsp3) is 0.250. The Kier molecular flexibility index (Phi) is 4.62. The monoisotopic (exact) mass is 275 g/mol. The summed E-state index contributed by atoms with van der Waals surface area (Å²) in [6, 6.07) is 3.47. The third-order valence-corrected chi connectivity index (χ3v) is 2.36. The molecule has 0 aliphatic rings. The second kappa shape index (κ2) is 5.78. The molecule has 1 amide bonds. The molecule has 0 fully saturated rings. The molecule has 0 aromatic heterocycles. The molecule has 0 atom stereocenters. The minimum Gasteiger partial charge on any atom is -0.341 e. The zero-order chi connectivity index (χ0) is 13.8. The highest BCUT2D eigenvalue weighted by molar-refractivity contribution is 6.31. The number of hydrogen-bond donors (Lipinski definition) is 1. The molecule has 0 aliphatic heterocycles. The van der Waals surface area contributed by atoms with Gasteiger partial charge >= 0.3 is 6.18 Å². The predicted molar refractivity (Wildman–Crippen MR) is 61.8 cm³/mol. The normalized spacial score (nSPS) is 10.5. The lowest BCUT2D eigenvalue weighted by atomic mass is 10.1. The molecule has 1 aromatic carbocycles. The molecule has 0 bridgehead atoms. The summed E-state index contributed by atoms with van der Waals surface area (Å²) in [5.74, 6) is 4.07. The molecule has 0 saturated heterocycles. The molecule has 0 radical (unpaired) electrons. The molecule has 1 N–H and O–H groups in total. The van der Waals surface area contributed by atoms with Crippen LogP contribution >= 0.6 is 11.6 Å². The number of carbonyl (C=O) groups is 1. The van der Waals surface area contributed by atoms with Gasteiger partial charge in [-0.1, -0.05) is 23.6 Å². The quantitative estimate of drug-likeness (QED) is 0.826. The van der Waals surface area contributed by atoms with Crippen LogP contribution < -0.4 is 5.32 Å². The maximum atomic E-state index is 12.6. The fourth-order valence-electron chi connectivity index (χ4n) is 1.24. The molecular formula is C12H9ClF3NO. The van der Waals surface area contributed by atoms with Crippen LogP contribution in [0.3, 0.4) is 0 Å². The summed E-state index contributed by atoms with van der Waals surface area (Å²) in [7, 11) is 0. The summed E-state index contributed by atoms with van der Waals surface area (Å²) in [6.45, 7) is 1.46. The van der Waals surface area contributed by atoms with Crippen molar-refractivity contribution >= 4 is 17.5 Å². The summed E-state index contributed by atoms with van der Waals surface area (Å²) < 4.78 is 37.7. The van der Waals surface area contributed by atoms with Crippen LogP contribution in [-0.4, -0.2) is 5.91 Å². The molecule has 2 nitrogen and oxygen atoms in total. The van der Waals surface area contributed by atoms with Gasteiger partial charge in [-0.3, -0.25) is 4.79 Å². The van der Waals surface area contributed by atoms with E-state index < -0.39 is 17.6 Å². The van der Waals surface area contributed by atoms with E-state index in [9.17, 15) is 18.0 Å². The third-order valence-electron chi connectivity index (χ3n) is 2.03. The molecule has 0 spiro atoms. The number of hydrogen-bond acceptors (Lipinski definition) is 1. The van der Waals surface area contributed by atoms with Crippen molar-refractivity contribution in [1.29, 1.82) is 0 Å². The first kappa shape index (κ1) is 14.4. The van der Waals surface area contributed by atoms with E-state index in [2.05, 4.69) is 17.2 Å². The summed E-state index contributed by atoms with van der Waals surface area (Å²) in [5.41, 5.74) is -0.615. The first-order chi connectivity index (χ1) is 8.34. The van der Waals surface area contributed by atoms with Crippen molar-refractivity contribution in [1.82, 2.24) is 5.32 Å². The Hall–Kier alpha value is -1.67. The number of nitrogens with one attached hydrogen (secondary N) is 1. The van der Waals surface area contributed by atoms with E-state index in [0.717, 1.165) is 12.1 Å². The minimum absolute atomic E-state index is 0.0340. The van der Waals surface area contributed by atoms with Gasteiger partial charge in [0.05, 0.1) is 10.6 Å². The smallest absolute Gasteiger partial charge is 0.341 e. The van der Waals surface area contributed by atoms with Crippen LogP contribution in [0, 0.1) is 11.8 Å². The molecule has 1 rings (SSSR count). The molecular weight excluding hydrogens is 267 g/mol. The summed E-state index contributed by atoms with van der Waals surface area (Å²) in [5, 5.41) is 2.01. The van der Waals surface area contributed by atoms with Crippen molar-refractivity contribution in [2.45, 2.75) is 19.6 Å². The molecule has 96 valence electrons. The van der Waals surface area contributed by atoms with Crippen LogP contribution in [0.2, 0.25) is 5.02 Å². The summed E-state index contributed by atoms with van der Waals surface area (Å²) in [4.78, 5) is 11.0. The third kappa shape index (κ3) is 3.97. The molecule has 0 unspecified atom stereocenters. The Morgan fingerprint density at radius 3 is 2.67 bits per heavy atom. The summed E-state index contributed by atoms with van der Waals surface area (Å²) in [6.07, 6.45) is -4.51. The van der Waals surface area contributed by atoms with Crippen LogP contribution in [0.5, 0.6) is 0 Å². The Morgan fingerprint density at radius 1 is 1.44 bits per heavy atom. The number of amides is 1. The number of carbonyl (C=O) groups excluding carboxylic acids is 1. The number of rotatable bonds is 2. The number of alkyl halides is 3. The summed E-state index contributed by atoms with van der Waals surface area (Å²) >= 11 is 5.46. The Morgan fingerprint density at radius 2 is 2.11 bits per heavy atom. The van der Waals surface area contributed by atoms with Gasteiger partial charge < -0.3 is 5.32 Å². The van der Waals surface area contributed by atoms with Crippen molar-refractivity contribution in [3.8, 4) is 11.8 Å². The van der Waals surface area contributed by atoms with Gasteiger partial charge in [-0.15, -0.1) is 0 Å². The van der Waals surface area contributed by atoms with Crippen LogP contribution in [-0.2, 0) is 17.5 Å². The van der Waals surface area contributed by atoms with E-state index in [1.54, 1.807) is 0 Å². The van der Waals surface area contributed by atoms with Gasteiger partial charge in [0, 0.05) is 6.54 Å². The fourth-order valence-corrected chi connectivity index (χ4v) is 1.46. The average Bonchev–Trinajstić information content (AvgIpc) is 2.27. The topological polar surface area (TPSA) is 29.1 Å². The lowest BCUT2D eigenvalue weighted by molar-refractivity contribution is -0.137. The van der Waals surface area contributed by atoms with Gasteiger partial charge in [-0.2, -0.15) is 13.2 Å². The van der Waals surface area contributed by atoms with E-state index in [1.165, 1.54) is 13.0 Å². The van der Waals surface area contributed by atoms with Crippen molar-refractivity contribution in [3.63, 3.8) is 0 Å². The van der Waals surface area contributed by atoms with E-state index in [0.29, 0.717) is 5.56 Å². The standard InChI is InChI=1S/C12H9ClF3NO/c1-2-3-11(18)17-7-8-4-5-10(13)9(6-8)12(14,15)16/h4-6H,7H2,1H3,(H,17,18). The molecule has 0 heterocycles. The number of benzene rings is 1. The Bertz CT molecular complexity index is 514. The highest BCUT2D eigenvalue weighted by Crippen LogP contribution is 2.35.